The minimum Gasteiger partial charge on any atom is -0.360 e. The number of hydrogen-bond donors (Lipinski definition) is 0. The first-order chi connectivity index (χ1) is 11.1. The Balaban J connectivity index is 1.82. The first-order valence-electron chi connectivity index (χ1n) is 7.60. The van der Waals surface area contributed by atoms with Crippen LogP contribution in [-0.4, -0.2) is 28.0 Å². The zero-order valence-corrected chi connectivity index (χ0v) is 13.5. The van der Waals surface area contributed by atoms with Gasteiger partial charge in [-0.25, -0.2) is 0 Å². The summed E-state index contributed by atoms with van der Waals surface area (Å²) < 4.78 is 5.21. The van der Waals surface area contributed by atoms with Gasteiger partial charge in [0.1, 0.15) is 5.76 Å². The predicted octanol–water partition coefficient (Wildman–Crippen LogP) is 3.62. The number of carbonyl (C=O) groups excluding carboxylic acids is 1. The van der Waals surface area contributed by atoms with E-state index in [1.54, 1.807) is 24.2 Å². The van der Waals surface area contributed by atoms with Crippen molar-refractivity contribution < 1.29 is 9.32 Å². The van der Waals surface area contributed by atoms with E-state index in [9.17, 15) is 4.79 Å². The van der Waals surface area contributed by atoms with Gasteiger partial charge < -0.3 is 9.42 Å². The van der Waals surface area contributed by atoms with Crippen LogP contribution in [0, 0.1) is 0 Å². The fourth-order valence-corrected chi connectivity index (χ4v) is 2.51. The highest BCUT2D eigenvalue weighted by Gasteiger charge is 2.18. The van der Waals surface area contributed by atoms with Crippen molar-refractivity contribution in [2.24, 2.45) is 0 Å². The molecule has 0 aliphatic carbocycles. The van der Waals surface area contributed by atoms with Crippen LogP contribution in [-0.2, 0) is 6.54 Å². The van der Waals surface area contributed by atoms with Gasteiger partial charge >= 0.3 is 0 Å². The van der Waals surface area contributed by atoms with Crippen molar-refractivity contribution in [3.8, 4) is 0 Å². The molecule has 0 atom stereocenters. The zero-order chi connectivity index (χ0) is 16.4. The largest absolute Gasteiger partial charge is 0.360 e. The first kappa shape index (κ1) is 15.2. The normalized spacial score (nSPS) is 11.1. The Hall–Kier alpha value is -2.69. The Bertz CT molecular complexity index is 834. The van der Waals surface area contributed by atoms with Crippen LogP contribution >= 0.6 is 0 Å². The summed E-state index contributed by atoms with van der Waals surface area (Å²) >= 11 is 0. The zero-order valence-electron chi connectivity index (χ0n) is 13.5. The Labute approximate surface area is 134 Å². The van der Waals surface area contributed by atoms with E-state index in [1.807, 2.05) is 44.3 Å². The number of pyridine rings is 1. The molecule has 23 heavy (non-hydrogen) atoms. The summed E-state index contributed by atoms with van der Waals surface area (Å²) in [4.78, 5) is 18.3. The van der Waals surface area contributed by atoms with E-state index in [0.29, 0.717) is 12.2 Å². The molecule has 1 aromatic carbocycles. The second-order valence-corrected chi connectivity index (χ2v) is 5.94. The molecule has 2 heterocycles. The van der Waals surface area contributed by atoms with Crippen LogP contribution in [0.1, 0.15) is 41.6 Å². The number of nitrogens with zero attached hydrogens (tertiary/aromatic N) is 3. The third kappa shape index (κ3) is 3.08. The molecule has 5 nitrogen and oxygen atoms in total. The maximum atomic E-state index is 12.5. The smallest absolute Gasteiger partial charge is 0.276 e. The Kier molecular flexibility index (Phi) is 4.10. The van der Waals surface area contributed by atoms with Crippen LogP contribution in [0.15, 0.2) is 47.2 Å². The van der Waals surface area contributed by atoms with Gasteiger partial charge in [-0.2, -0.15) is 0 Å². The van der Waals surface area contributed by atoms with E-state index >= 15 is 0 Å². The van der Waals surface area contributed by atoms with Gasteiger partial charge in [0.2, 0.25) is 0 Å². The topological polar surface area (TPSA) is 59.2 Å². The Morgan fingerprint density at radius 3 is 2.87 bits per heavy atom. The molecule has 0 radical (unpaired) electrons. The summed E-state index contributed by atoms with van der Waals surface area (Å²) in [5, 5.41) is 6.05. The first-order valence-corrected chi connectivity index (χ1v) is 7.60. The van der Waals surface area contributed by atoms with Crippen LogP contribution in [0.2, 0.25) is 0 Å². The maximum Gasteiger partial charge on any atom is 0.276 e. The van der Waals surface area contributed by atoms with Crippen LogP contribution in [0.25, 0.3) is 10.8 Å². The number of hydrogen-bond acceptors (Lipinski definition) is 4. The highest BCUT2D eigenvalue weighted by Crippen LogP contribution is 2.20. The predicted molar refractivity (Wildman–Crippen MR) is 88.1 cm³/mol. The van der Waals surface area contributed by atoms with Crippen LogP contribution in [0.4, 0.5) is 0 Å². The van der Waals surface area contributed by atoms with Crippen LogP contribution < -0.4 is 0 Å². The van der Waals surface area contributed by atoms with Gasteiger partial charge in [-0.1, -0.05) is 37.2 Å². The lowest BCUT2D eigenvalue weighted by Crippen LogP contribution is -2.26. The van der Waals surface area contributed by atoms with Crippen molar-refractivity contribution in [1.82, 2.24) is 15.0 Å². The summed E-state index contributed by atoms with van der Waals surface area (Å²) in [5.41, 5.74) is 1.42. The molecular formula is C18H19N3O2. The van der Waals surface area contributed by atoms with Gasteiger partial charge in [0, 0.05) is 43.4 Å². The molecule has 0 fully saturated rings. The summed E-state index contributed by atoms with van der Waals surface area (Å²) in [6, 6.07) is 9.70. The molecule has 0 spiro atoms. The second kappa shape index (κ2) is 6.20. The summed E-state index contributed by atoms with van der Waals surface area (Å²) in [7, 11) is 1.77. The Morgan fingerprint density at radius 2 is 2.13 bits per heavy atom. The lowest BCUT2D eigenvalue weighted by Gasteiger charge is -2.17. The quantitative estimate of drug-likeness (QED) is 0.738. The lowest BCUT2D eigenvalue weighted by atomic mass is 10.1. The third-order valence-electron chi connectivity index (χ3n) is 3.84. The van der Waals surface area contributed by atoms with Gasteiger partial charge in [-0.05, 0) is 17.0 Å². The van der Waals surface area contributed by atoms with Gasteiger partial charge in [-0.3, -0.25) is 9.78 Å². The number of fused-ring (bicyclic) bond motifs is 1. The summed E-state index contributed by atoms with van der Waals surface area (Å²) in [6.45, 7) is 4.51. The molecule has 0 bridgehead atoms. The minimum atomic E-state index is -0.147. The van der Waals surface area contributed by atoms with Crippen molar-refractivity contribution in [2.75, 3.05) is 7.05 Å². The number of benzene rings is 1. The van der Waals surface area contributed by atoms with Crippen LogP contribution in [0.5, 0.6) is 0 Å². The monoisotopic (exact) mass is 309 g/mol. The van der Waals surface area contributed by atoms with E-state index in [0.717, 1.165) is 22.1 Å². The van der Waals surface area contributed by atoms with E-state index in [-0.39, 0.29) is 11.8 Å². The highest BCUT2D eigenvalue weighted by atomic mass is 16.5. The molecule has 0 aliphatic heterocycles. The SMILES string of the molecule is CC(C)c1cc(C(=O)N(C)Cc2cccc3cnccc23)no1. The van der Waals surface area contributed by atoms with Crippen molar-refractivity contribution in [1.29, 1.82) is 0 Å². The fraction of sp³-hybridized carbons (Fsp3) is 0.278. The number of aromatic nitrogens is 2. The molecule has 0 aliphatic rings. The maximum absolute atomic E-state index is 12.5. The molecule has 0 unspecified atom stereocenters. The number of rotatable bonds is 4. The average Bonchev–Trinajstić information content (AvgIpc) is 3.04. The van der Waals surface area contributed by atoms with Crippen LogP contribution in [0.3, 0.4) is 0 Å². The lowest BCUT2D eigenvalue weighted by molar-refractivity contribution is 0.0775. The van der Waals surface area contributed by atoms with E-state index < -0.39 is 0 Å². The van der Waals surface area contributed by atoms with Gasteiger partial charge in [-0.15, -0.1) is 0 Å². The van der Waals surface area contributed by atoms with Crippen molar-refractivity contribution in [3.05, 3.63) is 59.7 Å². The van der Waals surface area contributed by atoms with Crippen molar-refractivity contribution in [2.45, 2.75) is 26.3 Å². The average molecular weight is 309 g/mol. The molecule has 1 amide bonds. The van der Waals surface area contributed by atoms with Crippen molar-refractivity contribution >= 4 is 16.7 Å². The minimum absolute atomic E-state index is 0.147. The molecule has 0 saturated carbocycles. The van der Waals surface area contributed by atoms with E-state index in [2.05, 4.69) is 10.1 Å². The van der Waals surface area contributed by atoms with E-state index in [4.69, 9.17) is 4.52 Å². The van der Waals surface area contributed by atoms with Gasteiger partial charge in [0.25, 0.3) is 5.91 Å². The third-order valence-corrected chi connectivity index (χ3v) is 3.84. The molecule has 5 heteroatoms. The van der Waals surface area contributed by atoms with Gasteiger partial charge in [0.15, 0.2) is 5.69 Å². The second-order valence-electron chi connectivity index (χ2n) is 5.94. The molecule has 3 rings (SSSR count). The van der Waals surface area contributed by atoms with Crippen molar-refractivity contribution in [3.63, 3.8) is 0 Å². The van der Waals surface area contributed by atoms with E-state index in [1.165, 1.54) is 0 Å². The van der Waals surface area contributed by atoms with Gasteiger partial charge in [0.05, 0.1) is 0 Å². The fourth-order valence-electron chi connectivity index (χ4n) is 2.51. The summed E-state index contributed by atoms with van der Waals surface area (Å²) in [6.07, 6.45) is 3.59. The standard InChI is InChI=1S/C18H19N3O2/c1-12(2)17-9-16(20-23-17)18(22)21(3)11-14-6-4-5-13-10-19-8-7-15(13)14/h4-10,12H,11H2,1-3H3. The molecule has 0 N–H and O–H groups in total. The highest BCUT2D eigenvalue weighted by molar-refractivity contribution is 5.92. The molecule has 3 aromatic rings. The molecule has 2 aromatic heterocycles. The number of carbonyl (C=O) groups is 1. The molecular weight excluding hydrogens is 290 g/mol. The molecule has 0 saturated heterocycles. The number of amides is 1. The Morgan fingerprint density at radius 1 is 1.30 bits per heavy atom. The summed E-state index contributed by atoms with van der Waals surface area (Å²) in [5.74, 6) is 0.782. The molecule has 118 valence electrons.